The molecule has 0 heterocycles. The zero-order valence-electron chi connectivity index (χ0n) is 5.78. The number of hydrogen-bond donors (Lipinski definition) is 0. The van der Waals surface area contributed by atoms with Crippen LogP contribution >= 0.6 is 0 Å². The molecule has 0 aromatic heterocycles. The fourth-order valence-corrected chi connectivity index (χ4v) is 1.35. The SMILES string of the molecule is CC1=CCC[C@H](C)C1. The molecule has 0 radical (unpaired) electrons. The Balaban J connectivity index is 2.45. The van der Waals surface area contributed by atoms with Crippen molar-refractivity contribution in [2.45, 2.75) is 33.1 Å². The molecule has 0 aromatic rings. The zero-order chi connectivity index (χ0) is 5.98. The van der Waals surface area contributed by atoms with Crippen LogP contribution in [0.5, 0.6) is 0 Å². The topological polar surface area (TPSA) is 0 Å². The van der Waals surface area contributed by atoms with Crippen molar-refractivity contribution in [1.82, 2.24) is 0 Å². The highest BCUT2D eigenvalue weighted by atomic mass is 14.1. The van der Waals surface area contributed by atoms with Gasteiger partial charge in [0, 0.05) is 0 Å². The Hall–Kier alpha value is -0.260. The maximum absolute atomic E-state index is 2.36. The molecule has 1 aliphatic rings. The highest BCUT2D eigenvalue weighted by molar-refractivity contribution is 5.02. The Kier molecular flexibility index (Phi) is 1.72. The number of rotatable bonds is 0. The fourth-order valence-electron chi connectivity index (χ4n) is 1.35. The minimum atomic E-state index is 0.944. The van der Waals surface area contributed by atoms with Gasteiger partial charge in [-0.1, -0.05) is 18.6 Å². The molecule has 1 atom stereocenters. The Morgan fingerprint density at radius 1 is 1.62 bits per heavy atom. The van der Waals surface area contributed by atoms with Crippen molar-refractivity contribution < 1.29 is 0 Å². The van der Waals surface area contributed by atoms with Crippen LogP contribution in [0.25, 0.3) is 0 Å². The second kappa shape index (κ2) is 2.34. The summed E-state index contributed by atoms with van der Waals surface area (Å²) >= 11 is 0. The molecule has 0 fully saturated rings. The predicted octanol–water partition coefficient (Wildman–Crippen LogP) is 2.75. The van der Waals surface area contributed by atoms with Crippen LogP contribution < -0.4 is 0 Å². The molecule has 0 aliphatic heterocycles. The van der Waals surface area contributed by atoms with E-state index < -0.39 is 0 Å². The molecule has 0 N–H and O–H groups in total. The van der Waals surface area contributed by atoms with E-state index >= 15 is 0 Å². The summed E-state index contributed by atoms with van der Waals surface area (Å²) in [5.41, 5.74) is 1.59. The van der Waals surface area contributed by atoms with Crippen LogP contribution in [0.4, 0.5) is 0 Å². The van der Waals surface area contributed by atoms with E-state index in [2.05, 4.69) is 19.9 Å². The van der Waals surface area contributed by atoms with Gasteiger partial charge in [0.05, 0.1) is 0 Å². The van der Waals surface area contributed by atoms with Crippen molar-refractivity contribution in [1.29, 1.82) is 0 Å². The van der Waals surface area contributed by atoms with Gasteiger partial charge in [0.2, 0.25) is 0 Å². The average molecular weight is 110 g/mol. The Morgan fingerprint density at radius 3 is 2.75 bits per heavy atom. The van der Waals surface area contributed by atoms with Gasteiger partial charge in [0.1, 0.15) is 0 Å². The van der Waals surface area contributed by atoms with E-state index in [1.54, 1.807) is 5.57 Å². The molecule has 0 bridgehead atoms. The summed E-state index contributed by atoms with van der Waals surface area (Å²) in [5, 5.41) is 0. The molecule has 0 aromatic carbocycles. The summed E-state index contributed by atoms with van der Waals surface area (Å²) in [4.78, 5) is 0. The molecular weight excluding hydrogens is 96.1 g/mol. The predicted molar refractivity (Wildman–Crippen MR) is 36.8 cm³/mol. The van der Waals surface area contributed by atoms with E-state index in [0.29, 0.717) is 0 Å². The molecule has 0 amide bonds. The third-order valence-corrected chi connectivity index (χ3v) is 1.82. The van der Waals surface area contributed by atoms with Gasteiger partial charge < -0.3 is 0 Å². The van der Waals surface area contributed by atoms with Gasteiger partial charge in [-0.25, -0.2) is 0 Å². The molecule has 0 unspecified atom stereocenters. The fraction of sp³-hybridized carbons (Fsp3) is 0.750. The second-order valence-electron chi connectivity index (χ2n) is 2.94. The summed E-state index contributed by atoms with van der Waals surface area (Å²) < 4.78 is 0. The van der Waals surface area contributed by atoms with Gasteiger partial charge in [-0.15, -0.1) is 0 Å². The molecule has 46 valence electrons. The molecule has 0 nitrogen and oxygen atoms in total. The highest BCUT2D eigenvalue weighted by Gasteiger charge is 2.05. The van der Waals surface area contributed by atoms with Crippen LogP contribution in [-0.4, -0.2) is 0 Å². The highest BCUT2D eigenvalue weighted by Crippen LogP contribution is 2.22. The third-order valence-electron chi connectivity index (χ3n) is 1.82. The van der Waals surface area contributed by atoms with Gasteiger partial charge in [-0.05, 0) is 32.1 Å². The van der Waals surface area contributed by atoms with E-state index in [1.165, 1.54) is 19.3 Å². The maximum Gasteiger partial charge on any atom is -0.0297 e. The maximum atomic E-state index is 2.36. The smallest absolute Gasteiger partial charge is 0.0297 e. The number of hydrogen-bond acceptors (Lipinski definition) is 0. The third kappa shape index (κ3) is 1.36. The van der Waals surface area contributed by atoms with Gasteiger partial charge in [0.25, 0.3) is 0 Å². The number of allylic oxidation sites excluding steroid dienone is 2. The van der Waals surface area contributed by atoms with Crippen LogP contribution in [0.3, 0.4) is 0 Å². The van der Waals surface area contributed by atoms with Crippen molar-refractivity contribution in [2.75, 3.05) is 0 Å². The molecule has 0 heteroatoms. The first kappa shape index (κ1) is 5.87. The Labute approximate surface area is 51.6 Å². The van der Waals surface area contributed by atoms with E-state index in [0.717, 1.165) is 5.92 Å². The zero-order valence-corrected chi connectivity index (χ0v) is 5.78. The molecule has 0 saturated carbocycles. The van der Waals surface area contributed by atoms with Crippen molar-refractivity contribution in [3.8, 4) is 0 Å². The monoisotopic (exact) mass is 110 g/mol. The first-order valence-corrected chi connectivity index (χ1v) is 3.44. The molecule has 1 aliphatic carbocycles. The lowest BCUT2D eigenvalue weighted by molar-refractivity contribution is 0.510. The summed E-state index contributed by atoms with van der Waals surface area (Å²) in [6.07, 6.45) is 6.41. The molecule has 0 saturated heterocycles. The second-order valence-corrected chi connectivity index (χ2v) is 2.94. The van der Waals surface area contributed by atoms with Crippen molar-refractivity contribution in [3.63, 3.8) is 0 Å². The average Bonchev–Trinajstić information content (AvgIpc) is 1.64. The largest absolute Gasteiger partial charge is 0.0856 e. The summed E-state index contributed by atoms with van der Waals surface area (Å²) in [7, 11) is 0. The van der Waals surface area contributed by atoms with Gasteiger partial charge in [-0.2, -0.15) is 0 Å². The molecule has 1 rings (SSSR count). The first-order chi connectivity index (χ1) is 3.79. The normalized spacial score (nSPS) is 29.8. The summed E-state index contributed by atoms with van der Waals surface area (Å²) in [6, 6.07) is 0. The molecule has 0 spiro atoms. The van der Waals surface area contributed by atoms with E-state index in [4.69, 9.17) is 0 Å². The molecular formula is C8H14. The standard InChI is InChI=1S/C8H14/c1-7-4-3-5-8(2)6-7/h4,8H,3,5-6H2,1-2H3/t8-/m0/s1. The lowest BCUT2D eigenvalue weighted by Gasteiger charge is -2.15. The van der Waals surface area contributed by atoms with Crippen molar-refractivity contribution in [2.24, 2.45) is 5.92 Å². The van der Waals surface area contributed by atoms with Gasteiger partial charge in [0.15, 0.2) is 0 Å². The summed E-state index contributed by atoms with van der Waals surface area (Å²) in [5.74, 6) is 0.944. The molecule has 8 heavy (non-hydrogen) atoms. The van der Waals surface area contributed by atoms with Gasteiger partial charge in [-0.3, -0.25) is 0 Å². The first-order valence-electron chi connectivity index (χ1n) is 3.44. The Morgan fingerprint density at radius 2 is 2.38 bits per heavy atom. The van der Waals surface area contributed by atoms with Crippen LogP contribution in [-0.2, 0) is 0 Å². The Bertz CT molecular complexity index is 101. The van der Waals surface area contributed by atoms with Crippen LogP contribution in [0.2, 0.25) is 0 Å². The summed E-state index contributed by atoms with van der Waals surface area (Å²) in [6.45, 7) is 4.56. The minimum Gasteiger partial charge on any atom is -0.0856 e. The van der Waals surface area contributed by atoms with Gasteiger partial charge >= 0.3 is 0 Å². The van der Waals surface area contributed by atoms with E-state index in [1.807, 2.05) is 0 Å². The van der Waals surface area contributed by atoms with E-state index in [-0.39, 0.29) is 0 Å². The van der Waals surface area contributed by atoms with Crippen LogP contribution in [0.1, 0.15) is 33.1 Å². The van der Waals surface area contributed by atoms with Crippen molar-refractivity contribution in [3.05, 3.63) is 11.6 Å². The van der Waals surface area contributed by atoms with Crippen LogP contribution in [0.15, 0.2) is 11.6 Å². The quantitative estimate of drug-likeness (QED) is 0.420. The lowest BCUT2D eigenvalue weighted by atomic mass is 9.91. The minimum absolute atomic E-state index is 0.944. The lowest BCUT2D eigenvalue weighted by Crippen LogP contribution is -1.99. The van der Waals surface area contributed by atoms with E-state index in [9.17, 15) is 0 Å². The van der Waals surface area contributed by atoms with Crippen LogP contribution in [0, 0.1) is 5.92 Å². The van der Waals surface area contributed by atoms with Crippen molar-refractivity contribution >= 4 is 0 Å².